The van der Waals surface area contributed by atoms with Crippen molar-refractivity contribution < 1.29 is 14.3 Å². The number of thiophene rings is 1. The van der Waals surface area contributed by atoms with Gasteiger partial charge in [-0.2, -0.15) is 5.26 Å². The minimum absolute atomic E-state index is 0.351. The highest BCUT2D eigenvalue weighted by molar-refractivity contribution is 7.17. The molecule has 1 atom stereocenters. The molecule has 1 N–H and O–H groups in total. The van der Waals surface area contributed by atoms with Gasteiger partial charge in [0.25, 0.3) is 5.91 Å². The molecule has 0 spiro atoms. The monoisotopic (exact) mass is 402 g/mol. The molecule has 144 valence electrons. The van der Waals surface area contributed by atoms with Crippen LogP contribution in [0.25, 0.3) is 10.4 Å². The van der Waals surface area contributed by atoms with E-state index in [1.165, 1.54) is 23.8 Å². The average Bonchev–Trinajstić information content (AvgIpc) is 3.19. The molecule has 0 radical (unpaired) electrons. The van der Waals surface area contributed by atoms with Gasteiger partial charge in [0.05, 0.1) is 11.3 Å². The number of ether oxygens (including phenoxy) is 1. The predicted octanol–water partition coefficient (Wildman–Crippen LogP) is 4.57. The smallest absolute Gasteiger partial charge is 0.349 e. The fraction of sp³-hybridized carbons (Fsp3) is 0.174. The van der Waals surface area contributed by atoms with Crippen LogP contribution in [0.4, 0.5) is 5.69 Å². The fourth-order valence-electron chi connectivity index (χ4n) is 3.37. The van der Waals surface area contributed by atoms with E-state index in [2.05, 4.69) is 17.4 Å². The molecule has 2 aromatic carbocycles. The van der Waals surface area contributed by atoms with Crippen molar-refractivity contribution >= 4 is 28.9 Å². The maximum absolute atomic E-state index is 12.6. The van der Waals surface area contributed by atoms with E-state index in [1.807, 2.05) is 24.3 Å². The number of nitriles is 1. The molecule has 1 unspecified atom stereocenters. The summed E-state index contributed by atoms with van der Waals surface area (Å²) in [4.78, 5) is 26.6. The Morgan fingerprint density at radius 1 is 1.10 bits per heavy atom. The van der Waals surface area contributed by atoms with Gasteiger partial charge in [0.2, 0.25) is 0 Å². The summed E-state index contributed by atoms with van der Waals surface area (Å²) in [6, 6.07) is 18.8. The van der Waals surface area contributed by atoms with Crippen molar-refractivity contribution in [2.24, 2.45) is 0 Å². The predicted molar refractivity (Wildman–Crippen MR) is 112 cm³/mol. The summed E-state index contributed by atoms with van der Waals surface area (Å²) >= 11 is 1.40. The van der Waals surface area contributed by atoms with E-state index >= 15 is 0 Å². The topological polar surface area (TPSA) is 79.2 Å². The molecule has 0 fully saturated rings. The first-order chi connectivity index (χ1) is 14.1. The lowest BCUT2D eigenvalue weighted by molar-refractivity contribution is -0.123. The highest BCUT2D eigenvalue weighted by atomic mass is 32.1. The van der Waals surface area contributed by atoms with E-state index in [0.717, 1.165) is 28.8 Å². The van der Waals surface area contributed by atoms with Crippen molar-refractivity contribution in [1.29, 1.82) is 5.26 Å². The maximum atomic E-state index is 12.6. The zero-order chi connectivity index (χ0) is 20.4. The Balaban J connectivity index is 1.47. The third-order valence-electron chi connectivity index (χ3n) is 4.89. The van der Waals surface area contributed by atoms with Crippen LogP contribution in [-0.4, -0.2) is 18.0 Å². The van der Waals surface area contributed by atoms with Crippen molar-refractivity contribution in [3.05, 3.63) is 76.2 Å². The molecule has 1 aromatic heterocycles. The van der Waals surface area contributed by atoms with Crippen molar-refractivity contribution in [1.82, 2.24) is 0 Å². The molecule has 1 aliphatic rings. The SMILES string of the molecule is CC(OC(=O)c1cc2c(s1)-c1ccccc1CC2)C(=O)Nc1ccccc1C#N. The number of aryl methyl sites for hydroxylation is 2. The number of carbonyl (C=O) groups is 2. The van der Waals surface area contributed by atoms with E-state index in [1.54, 1.807) is 24.3 Å². The Morgan fingerprint density at radius 2 is 1.83 bits per heavy atom. The molecular formula is C23H18N2O3S. The van der Waals surface area contributed by atoms with Crippen molar-refractivity contribution in [2.45, 2.75) is 25.9 Å². The summed E-state index contributed by atoms with van der Waals surface area (Å²) in [6.45, 7) is 1.52. The van der Waals surface area contributed by atoms with Crippen molar-refractivity contribution in [3.63, 3.8) is 0 Å². The molecule has 5 nitrogen and oxygen atoms in total. The van der Waals surface area contributed by atoms with Gasteiger partial charge in [-0.05, 0) is 54.7 Å². The minimum atomic E-state index is -0.985. The first-order valence-corrected chi connectivity index (χ1v) is 10.1. The van der Waals surface area contributed by atoms with Gasteiger partial charge >= 0.3 is 5.97 Å². The van der Waals surface area contributed by atoms with Crippen LogP contribution in [0.1, 0.15) is 33.3 Å². The maximum Gasteiger partial charge on any atom is 0.349 e. The summed E-state index contributed by atoms with van der Waals surface area (Å²) in [6.07, 6.45) is 0.850. The second kappa shape index (κ2) is 7.90. The van der Waals surface area contributed by atoms with Crippen LogP contribution >= 0.6 is 11.3 Å². The van der Waals surface area contributed by atoms with Gasteiger partial charge in [0.15, 0.2) is 6.10 Å². The lowest BCUT2D eigenvalue weighted by atomic mass is 9.91. The van der Waals surface area contributed by atoms with Crippen LogP contribution in [0.3, 0.4) is 0 Å². The Labute approximate surface area is 172 Å². The summed E-state index contributed by atoms with van der Waals surface area (Å²) in [5.41, 5.74) is 4.33. The first-order valence-electron chi connectivity index (χ1n) is 9.29. The van der Waals surface area contributed by atoms with Crippen LogP contribution in [0, 0.1) is 11.3 Å². The van der Waals surface area contributed by atoms with Gasteiger partial charge in [-0.1, -0.05) is 36.4 Å². The summed E-state index contributed by atoms with van der Waals surface area (Å²) in [7, 11) is 0. The molecular weight excluding hydrogens is 384 g/mol. The van der Waals surface area contributed by atoms with Crippen LogP contribution in [0.2, 0.25) is 0 Å². The lowest BCUT2D eigenvalue weighted by Crippen LogP contribution is -2.30. The number of nitrogens with zero attached hydrogens (tertiary/aromatic N) is 1. The number of carbonyl (C=O) groups excluding carboxylic acids is 2. The molecule has 0 aliphatic heterocycles. The summed E-state index contributed by atoms with van der Waals surface area (Å²) in [5, 5.41) is 11.8. The molecule has 6 heteroatoms. The molecule has 3 aromatic rings. The highest BCUT2D eigenvalue weighted by Crippen LogP contribution is 2.39. The molecule has 4 rings (SSSR count). The normalized spacial score (nSPS) is 12.8. The Hall–Kier alpha value is -3.43. The molecule has 1 heterocycles. The van der Waals surface area contributed by atoms with Gasteiger partial charge < -0.3 is 10.1 Å². The Bertz CT molecular complexity index is 1140. The lowest BCUT2D eigenvalue weighted by Gasteiger charge is -2.15. The zero-order valence-electron chi connectivity index (χ0n) is 15.8. The fourth-order valence-corrected chi connectivity index (χ4v) is 4.52. The molecule has 1 aliphatic carbocycles. The number of benzene rings is 2. The number of nitrogens with one attached hydrogen (secondary N) is 1. The van der Waals surface area contributed by atoms with E-state index in [0.29, 0.717) is 16.1 Å². The van der Waals surface area contributed by atoms with Gasteiger partial charge in [0, 0.05) is 4.88 Å². The zero-order valence-corrected chi connectivity index (χ0v) is 16.6. The minimum Gasteiger partial charge on any atom is -0.448 e. The third-order valence-corrected chi connectivity index (χ3v) is 6.08. The second-order valence-corrected chi connectivity index (χ2v) is 7.87. The Kier molecular flexibility index (Phi) is 5.15. The molecule has 29 heavy (non-hydrogen) atoms. The molecule has 0 saturated heterocycles. The number of esters is 1. The van der Waals surface area contributed by atoms with E-state index < -0.39 is 18.0 Å². The van der Waals surface area contributed by atoms with E-state index in [-0.39, 0.29) is 0 Å². The second-order valence-electron chi connectivity index (χ2n) is 6.82. The van der Waals surface area contributed by atoms with Gasteiger partial charge in [0.1, 0.15) is 10.9 Å². The first kappa shape index (κ1) is 18.9. The van der Waals surface area contributed by atoms with Crippen LogP contribution in [-0.2, 0) is 22.4 Å². The van der Waals surface area contributed by atoms with Crippen molar-refractivity contribution in [3.8, 4) is 16.5 Å². The largest absolute Gasteiger partial charge is 0.448 e. The number of hydrogen-bond donors (Lipinski definition) is 1. The number of hydrogen-bond acceptors (Lipinski definition) is 5. The van der Waals surface area contributed by atoms with Crippen LogP contribution in [0.5, 0.6) is 0 Å². The average molecular weight is 402 g/mol. The standard InChI is InChI=1S/C23H18N2O3S/c1-14(22(26)25-19-9-5-3-7-17(19)13-24)28-23(27)20-12-16-11-10-15-6-2-4-8-18(15)21(16)29-20/h2-9,12,14H,10-11H2,1H3,(H,25,26). The number of rotatable bonds is 4. The van der Waals surface area contributed by atoms with Crippen LogP contribution < -0.4 is 5.32 Å². The summed E-state index contributed by atoms with van der Waals surface area (Å²) in [5.74, 6) is -0.995. The van der Waals surface area contributed by atoms with E-state index in [9.17, 15) is 9.59 Å². The Morgan fingerprint density at radius 3 is 2.66 bits per heavy atom. The molecule has 0 bridgehead atoms. The van der Waals surface area contributed by atoms with Gasteiger partial charge in [-0.3, -0.25) is 4.79 Å². The quantitative estimate of drug-likeness (QED) is 0.649. The third kappa shape index (κ3) is 3.78. The number of anilines is 1. The summed E-state index contributed by atoms with van der Waals surface area (Å²) < 4.78 is 5.39. The van der Waals surface area contributed by atoms with E-state index in [4.69, 9.17) is 10.00 Å². The van der Waals surface area contributed by atoms with Gasteiger partial charge in [-0.15, -0.1) is 11.3 Å². The highest BCUT2D eigenvalue weighted by Gasteiger charge is 2.25. The molecule has 0 saturated carbocycles. The number of para-hydroxylation sites is 1. The number of fused-ring (bicyclic) bond motifs is 3. The van der Waals surface area contributed by atoms with Gasteiger partial charge in [-0.25, -0.2) is 4.79 Å². The number of amides is 1. The van der Waals surface area contributed by atoms with Crippen molar-refractivity contribution in [2.75, 3.05) is 5.32 Å². The van der Waals surface area contributed by atoms with Crippen LogP contribution in [0.15, 0.2) is 54.6 Å². The molecule has 1 amide bonds.